The van der Waals surface area contributed by atoms with E-state index in [1.807, 2.05) is 6.07 Å². The quantitative estimate of drug-likeness (QED) is 0.818. The molecule has 0 saturated heterocycles. The molecular weight excluding hydrogens is 345 g/mol. The molecule has 0 spiro atoms. The van der Waals surface area contributed by atoms with E-state index in [9.17, 15) is 18.0 Å². The molecule has 0 aliphatic heterocycles. The van der Waals surface area contributed by atoms with E-state index in [1.54, 1.807) is 13.0 Å². The molecule has 0 aromatic carbocycles. The number of nitrogens with zero attached hydrogens (tertiary/aromatic N) is 4. The summed E-state index contributed by atoms with van der Waals surface area (Å²) in [6, 6.07) is 6.25. The molecule has 2 atom stereocenters. The van der Waals surface area contributed by atoms with Crippen LogP contribution in [0.1, 0.15) is 48.8 Å². The molecule has 1 aliphatic rings. The van der Waals surface area contributed by atoms with Crippen molar-refractivity contribution in [2.45, 2.75) is 44.7 Å². The highest BCUT2D eigenvalue weighted by atomic mass is 19.4. The maximum Gasteiger partial charge on any atom is 0.391 e. The number of hydrogen-bond acceptors (Lipinski definition) is 4. The second kappa shape index (κ2) is 6.90. The third kappa shape index (κ3) is 3.62. The molecule has 0 N–H and O–H groups in total. The predicted octanol–water partition coefficient (Wildman–Crippen LogP) is 3.64. The summed E-state index contributed by atoms with van der Waals surface area (Å²) in [6.07, 6.45) is -1.87. The van der Waals surface area contributed by atoms with Crippen molar-refractivity contribution >= 4 is 0 Å². The molecule has 0 bridgehead atoms. The summed E-state index contributed by atoms with van der Waals surface area (Å²) in [5.74, 6) is -1.51. The van der Waals surface area contributed by atoms with Crippen molar-refractivity contribution in [3.05, 3.63) is 52.0 Å². The highest BCUT2D eigenvalue weighted by molar-refractivity contribution is 5.35. The Morgan fingerprint density at radius 3 is 2.69 bits per heavy atom. The Bertz CT molecular complexity index is 897. The summed E-state index contributed by atoms with van der Waals surface area (Å²) in [7, 11) is 0. The minimum atomic E-state index is -4.25. The number of aryl methyl sites for hydroxylation is 1. The highest BCUT2D eigenvalue weighted by Crippen LogP contribution is 2.43. The lowest BCUT2D eigenvalue weighted by Crippen LogP contribution is -2.32. The lowest BCUT2D eigenvalue weighted by Gasteiger charge is -2.31. The van der Waals surface area contributed by atoms with E-state index >= 15 is 0 Å². The van der Waals surface area contributed by atoms with Gasteiger partial charge >= 0.3 is 6.18 Å². The third-order valence-electron chi connectivity index (χ3n) is 4.70. The van der Waals surface area contributed by atoms with Crippen molar-refractivity contribution in [3.8, 4) is 11.8 Å². The number of rotatable bonds is 2. The molecule has 5 nitrogen and oxygen atoms in total. The number of nitriles is 1. The number of alkyl halides is 3. The summed E-state index contributed by atoms with van der Waals surface area (Å²) in [4.78, 5) is 20.9. The van der Waals surface area contributed by atoms with Gasteiger partial charge in [0.05, 0.1) is 17.8 Å². The summed E-state index contributed by atoms with van der Waals surface area (Å²) in [6.45, 7) is 1.65. The Labute approximate surface area is 148 Å². The number of hydrogen-bond donors (Lipinski definition) is 0. The average molecular weight is 362 g/mol. The third-order valence-corrected chi connectivity index (χ3v) is 4.70. The fraction of sp³-hybridized carbons (Fsp3) is 0.444. The lowest BCUT2D eigenvalue weighted by atomic mass is 9.80. The molecule has 2 heterocycles. The SMILES string of the molecule is Cc1cc(=O)n(-c2ccc(C#N)nc2)c([C@@H]2CCC[C@@H](C(F)(F)F)C2)n1. The van der Waals surface area contributed by atoms with Crippen LogP contribution in [0.4, 0.5) is 13.2 Å². The lowest BCUT2D eigenvalue weighted by molar-refractivity contribution is -0.183. The first kappa shape index (κ1) is 18.1. The topological polar surface area (TPSA) is 71.6 Å². The molecule has 1 fully saturated rings. The standard InChI is InChI=1S/C18H17F3N4O/c1-11-7-16(26)25(15-6-5-14(9-22)23-10-15)17(24-11)12-3-2-4-13(8-12)18(19,20)21/h5-7,10,12-13H,2-4,8H2,1H3/t12-,13-/m1/s1. The highest BCUT2D eigenvalue weighted by Gasteiger charge is 2.43. The summed E-state index contributed by atoms with van der Waals surface area (Å²) in [5.41, 5.74) is 0.689. The molecule has 3 rings (SSSR count). The van der Waals surface area contributed by atoms with Crippen LogP contribution in [0.2, 0.25) is 0 Å². The van der Waals surface area contributed by atoms with Crippen LogP contribution in [0.15, 0.2) is 29.2 Å². The van der Waals surface area contributed by atoms with Crippen molar-refractivity contribution < 1.29 is 13.2 Å². The zero-order chi connectivity index (χ0) is 18.9. The molecule has 1 saturated carbocycles. The van der Waals surface area contributed by atoms with Gasteiger partial charge in [-0.3, -0.25) is 9.36 Å². The molecule has 2 aromatic rings. The van der Waals surface area contributed by atoms with E-state index in [-0.39, 0.29) is 24.1 Å². The average Bonchev–Trinajstić information content (AvgIpc) is 2.61. The predicted molar refractivity (Wildman–Crippen MR) is 87.8 cm³/mol. The van der Waals surface area contributed by atoms with Crippen LogP contribution in [0, 0.1) is 24.2 Å². The minimum Gasteiger partial charge on any atom is -0.269 e. The molecule has 8 heteroatoms. The largest absolute Gasteiger partial charge is 0.391 e. The molecule has 2 aromatic heterocycles. The van der Waals surface area contributed by atoms with Gasteiger partial charge in [-0.15, -0.1) is 0 Å². The van der Waals surface area contributed by atoms with Crippen LogP contribution in [0.3, 0.4) is 0 Å². The second-order valence-electron chi connectivity index (χ2n) is 6.54. The van der Waals surface area contributed by atoms with Gasteiger partial charge in [-0.25, -0.2) is 9.97 Å². The van der Waals surface area contributed by atoms with Crippen LogP contribution in [-0.4, -0.2) is 20.7 Å². The summed E-state index contributed by atoms with van der Waals surface area (Å²) >= 11 is 0. The van der Waals surface area contributed by atoms with Crippen molar-refractivity contribution in [3.63, 3.8) is 0 Å². The zero-order valence-corrected chi connectivity index (χ0v) is 14.1. The Balaban J connectivity index is 2.06. The molecule has 1 aliphatic carbocycles. The monoisotopic (exact) mass is 362 g/mol. The van der Waals surface area contributed by atoms with Crippen LogP contribution in [0.25, 0.3) is 5.69 Å². The molecular formula is C18H17F3N4O. The van der Waals surface area contributed by atoms with E-state index in [0.717, 1.165) is 0 Å². The molecule has 26 heavy (non-hydrogen) atoms. The van der Waals surface area contributed by atoms with E-state index in [0.29, 0.717) is 30.0 Å². The van der Waals surface area contributed by atoms with E-state index in [4.69, 9.17) is 5.26 Å². The van der Waals surface area contributed by atoms with Gasteiger partial charge in [0, 0.05) is 17.7 Å². The smallest absolute Gasteiger partial charge is 0.269 e. The second-order valence-corrected chi connectivity index (χ2v) is 6.54. The minimum absolute atomic E-state index is 0.0803. The number of aromatic nitrogens is 3. The van der Waals surface area contributed by atoms with Gasteiger partial charge in [0.2, 0.25) is 0 Å². The zero-order valence-electron chi connectivity index (χ0n) is 14.1. The van der Waals surface area contributed by atoms with Crippen molar-refractivity contribution in [2.75, 3.05) is 0 Å². The van der Waals surface area contributed by atoms with Gasteiger partial charge in [-0.1, -0.05) is 6.42 Å². The van der Waals surface area contributed by atoms with Gasteiger partial charge in [0.25, 0.3) is 5.56 Å². The van der Waals surface area contributed by atoms with E-state index < -0.39 is 18.0 Å². The fourth-order valence-corrected chi connectivity index (χ4v) is 3.46. The van der Waals surface area contributed by atoms with Gasteiger partial charge in [-0.05, 0) is 38.3 Å². The van der Waals surface area contributed by atoms with Crippen molar-refractivity contribution in [2.24, 2.45) is 5.92 Å². The first-order chi connectivity index (χ1) is 12.3. The molecule has 0 unspecified atom stereocenters. The summed E-state index contributed by atoms with van der Waals surface area (Å²) < 4.78 is 40.8. The maximum atomic E-state index is 13.2. The maximum absolute atomic E-state index is 13.2. The Morgan fingerprint density at radius 2 is 2.08 bits per heavy atom. The normalized spacial score (nSPS) is 20.6. The van der Waals surface area contributed by atoms with Crippen LogP contribution in [-0.2, 0) is 0 Å². The summed E-state index contributed by atoms with van der Waals surface area (Å²) in [5, 5.41) is 8.85. The number of pyridine rings is 1. The van der Waals surface area contributed by atoms with Crippen LogP contribution in [0.5, 0.6) is 0 Å². The van der Waals surface area contributed by atoms with Crippen molar-refractivity contribution in [1.82, 2.24) is 14.5 Å². The van der Waals surface area contributed by atoms with Crippen molar-refractivity contribution in [1.29, 1.82) is 5.26 Å². The van der Waals surface area contributed by atoms with E-state index in [1.165, 1.54) is 22.9 Å². The Kier molecular flexibility index (Phi) is 4.81. The molecule has 0 amide bonds. The molecule has 0 radical (unpaired) electrons. The van der Waals surface area contributed by atoms with Gasteiger partial charge in [-0.2, -0.15) is 18.4 Å². The first-order valence-corrected chi connectivity index (χ1v) is 8.33. The number of halogens is 3. The van der Waals surface area contributed by atoms with Crippen LogP contribution < -0.4 is 5.56 Å². The molecule has 136 valence electrons. The van der Waals surface area contributed by atoms with Gasteiger partial charge in [0.1, 0.15) is 17.6 Å². The first-order valence-electron chi connectivity index (χ1n) is 8.33. The van der Waals surface area contributed by atoms with Gasteiger partial charge < -0.3 is 0 Å². The van der Waals surface area contributed by atoms with Crippen LogP contribution >= 0.6 is 0 Å². The van der Waals surface area contributed by atoms with E-state index in [2.05, 4.69) is 9.97 Å². The fourth-order valence-electron chi connectivity index (χ4n) is 3.46. The Morgan fingerprint density at radius 1 is 1.31 bits per heavy atom. The Hall–Kier alpha value is -2.69. The van der Waals surface area contributed by atoms with Gasteiger partial charge in [0.15, 0.2) is 0 Å².